The summed E-state index contributed by atoms with van der Waals surface area (Å²) in [5, 5.41) is 13.2. The Labute approximate surface area is 169 Å². The van der Waals surface area contributed by atoms with Gasteiger partial charge < -0.3 is 10.1 Å². The summed E-state index contributed by atoms with van der Waals surface area (Å²) in [6, 6.07) is 5.02. The zero-order valence-electron chi connectivity index (χ0n) is 15.5. The van der Waals surface area contributed by atoms with E-state index in [1.54, 1.807) is 0 Å². The Morgan fingerprint density at radius 2 is 1.93 bits per heavy atom. The number of hydrogen-bond acceptors (Lipinski definition) is 7. The number of benzene rings is 1. The van der Waals surface area contributed by atoms with E-state index >= 15 is 0 Å². The van der Waals surface area contributed by atoms with E-state index < -0.39 is 43.7 Å². The van der Waals surface area contributed by atoms with Gasteiger partial charge in [-0.3, -0.25) is 24.3 Å². The second-order valence-corrected chi connectivity index (χ2v) is 8.23. The summed E-state index contributed by atoms with van der Waals surface area (Å²) in [4.78, 5) is 33.6. The van der Waals surface area contributed by atoms with Gasteiger partial charge in [0.15, 0.2) is 0 Å². The molecule has 0 radical (unpaired) electrons. The maximum absolute atomic E-state index is 14.2. The molecule has 0 aliphatic carbocycles. The maximum atomic E-state index is 14.2. The minimum Gasteiger partial charge on any atom is -0.379 e. The van der Waals surface area contributed by atoms with Gasteiger partial charge >= 0.3 is 0 Å². The van der Waals surface area contributed by atoms with Crippen molar-refractivity contribution in [1.29, 1.82) is 0 Å². The van der Waals surface area contributed by atoms with Crippen LogP contribution in [0.1, 0.15) is 0 Å². The summed E-state index contributed by atoms with van der Waals surface area (Å²) in [5.74, 6) is -1.73. The van der Waals surface area contributed by atoms with E-state index in [0.29, 0.717) is 0 Å². The largest absolute Gasteiger partial charge is 0.379 e. The molecular formula is C17H17FN4O7S. The van der Waals surface area contributed by atoms with E-state index in [1.807, 2.05) is 0 Å². The van der Waals surface area contributed by atoms with Gasteiger partial charge in [0.05, 0.1) is 24.3 Å². The molecule has 0 atom stereocenters. The number of carbonyl (C=O) groups is 1. The van der Waals surface area contributed by atoms with Crippen LogP contribution in [-0.4, -0.2) is 54.4 Å². The monoisotopic (exact) mass is 440 g/mol. The highest BCUT2D eigenvalue weighted by Gasteiger charge is 2.29. The molecule has 1 aliphatic heterocycles. The summed E-state index contributed by atoms with van der Waals surface area (Å²) in [6.45, 7) is -0.0178. The molecule has 0 saturated carbocycles. The first-order chi connectivity index (χ1) is 14.2. The standard InChI is InChI=1S/C17H17FN4O7S/c18-14-3-1-12(9-15(14)30(27,28)21-5-7-29-8-6-21)19-16(23)11-20-10-13(22(25)26)2-4-17(20)24/h1-4,9-10H,5-8,11H2,(H,19,23). The van der Waals surface area contributed by atoms with E-state index in [2.05, 4.69) is 5.32 Å². The normalized spacial score (nSPS) is 15.0. The topological polar surface area (TPSA) is 141 Å². The third kappa shape index (κ3) is 4.69. The fourth-order valence-electron chi connectivity index (χ4n) is 2.81. The molecule has 1 saturated heterocycles. The van der Waals surface area contributed by atoms with Crippen molar-refractivity contribution >= 4 is 27.3 Å². The molecule has 11 nitrogen and oxygen atoms in total. The van der Waals surface area contributed by atoms with Crippen molar-refractivity contribution in [1.82, 2.24) is 8.87 Å². The predicted molar refractivity (Wildman–Crippen MR) is 102 cm³/mol. The Morgan fingerprint density at radius 3 is 2.60 bits per heavy atom. The number of sulfonamides is 1. The van der Waals surface area contributed by atoms with Gasteiger partial charge in [-0.15, -0.1) is 0 Å². The van der Waals surface area contributed by atoms with E-state index in [1.165, 1.54) is 6.07 Å². The van der Waals surface area contributed by atoms with Crippen LogP contribution in [0.3, 0.4) is 0 Å². The van der Waals surface area contributed by atoms with Crippen LogP contribution in [0.2, 0.25) is 0 Å². The Balaban J connectivity index is 1.80. The third-order valence-corrected chi connectivity index (χ3v) is 6.21. The van der Waals surface area contributed by atoms with E-state index in [0.717, 1.165) is 39.3 Å². The van der Waals surface area contributed by atoms with Gasteiger partial charge in [-0.05, 0) is 18.2 Å². The van der Waals surface area contributed by atoms with Crippen LogP contribution in [0.4, 0.5) is 15.8 Å². The van der Waals surface area contributed by atoms with Gasteiger partial charge in [-0.25, -0.2) is 12.8 Å². The van der Waals surface area contributed by atoms with Crippen LogP contribution in [0, 0.1) is 15.9 Å². The lowest BCUT2D eigenvalue weighted by molar-refractivity contribution is -0.385. The third-order valence-electron chi connectivity index (χ3n) is 4.30. The van der Waals surface area contributed by atoms with Crippen LogP contribution in [-0.2, 0) is 26.1 Å². The molecule has 1 N–H and O–H groups in total. The molecule has 1 aromatic carbocycles. The molecule has 1 aromatic heterocycles. The lowest BCUT2D eigenvalue weighted by atomic mass is 10.3. The average molecular weight is 440 g/mol. The Bertz CT molecular complexity index is 1140. The highest BCUT2D eigenvalue weighted by molar-refractivity contribution is 7.89. The number of amides is 1. The molecule has 1 aliphatic rings. The molecule has 1 amide bonds. The van der Waals surface area contributed by atoms with Gasteiger partial charge in [0.1, 0.15) is 17.3 Å². The second kappa shape index (κ2) is 8.69. The average Bonchev–Trinajstić information content (AvgIpc) is 2.71. The predicted octanol–water partition coefficient (Wildman–Crippen LogP) is 0.555. The Hall–Kier alpha value is -3.16. The molecule has 2 heterocycles. The van der Waals surface area contributed by atoms with Crippen molar-refractivity contribution in [3.05, 3.63) is 62.8 Å². The number of rotatable bonds is 6. The van der Waals surface area contributed by atoms with E-state index in [4.69, 9.17) is 4.74 Å². The van der Waals surface area contributed by atoms with Crippen molar-refractivity contribution in [3.63, 3.8) is 0 Å². The molecule has 1 fully saturated rings. The molecule has 3 rings (SSSR count). The highest BCUT2D eigenvalue weighted by Crippen LogP contribution is 2.24. The first-order valence-corrected chi connectivity index (χ1v) is 10.1. The zero-order valence-corrected chi connectivity index (χ0v) is 16.3. The summed E-state index contributed by atoms with van der Waals surface area (Å²) < 4.78 is 46.6. The van der Waals surface area contributed by atoms with Gasteiger partial charge in [0, 0.05) is 30.9 Å². The van der Waals surface area contributed by atoms with Gasteiger partial charge in [-0.1, -0.05) is 0 Å². The van der Waals surface area contributed by atoms with E-state index in [-0.39, 0.29) is 37.7 Å². The number of carbonyl (C=O) groups excluding carboxylic acids is 1. The summed E-state index contributed by atoms with van der Waals surface area (Å²) in [6.07, 6.45) is 0.918. The molecule has 160 valence electrons. The van der Waals surface area contributed by atoms with Crippen molar-refractivity contribution in [3.8, 4) is 0 Å². The minimum absolute atomic E-state index is 0.00767. The summed E-state index contributed by atoms with van der Waals surface area (Å²) in [5.41, 5.74) is -1.01. The van der Waals surface area contributed by atoms with Gasteiger partial charge in [-0.2, -0.15) is 4.31 Å². The Morgan fingerprint density at radius 1 is 1.23 bits per heavy atom. The Kier molecular flexibility index (Phi) is 6.24. The fraction of sp³-hybridized carbons (Fsp3) is 0.294. The number of nitro groups is 1. The fourth-order valence-corrected chi connectivity index (χ4v) is 4.31. The van der Waals surface area contributed by atoms with Crippen LogP contribution >= 0.6 is 0 Å². The number of nitrogens with one attached hydrogen (secondary N) is 1. The number of ether oxygens (including phenoxy) is 1. The summed E-state index contributed by atoms with van der Waals surface area (Å²) >= 11 is 0. The number of pyridine rings is 1. The lowest BCUT2D eigenvalue weighted by Gasteiger charge is -2.26. The number of morpholine rings is 1. The SMILES string of the molecule is O=C(Cn1cc([N+](=O)[O-])ccc1=O)Nc1ccc(F)c(S(=O)(=O)N2CCOCC2)c1. The number of aromatic nitrogens is 1. The molecule has 0 spiro atoms. The molecule has 0 unspecified atom stereocenters. The van der Waals surface area contributed by atoms with Gasteiger partial charge in [0.2, 0.25) is 15.9 Å². The molecule has 13 heteroatoms. The maximum Gasteiger partial charge on any atom is 0.285 e. The lowest BCUT2D eigenvalue weighted by Crippen LogP contribution is -2.40. The zero-order chi connectivity index (χ0) is 21.9. The number of halogens is 1. The molecule has 0 bridgehead atoms. The molecule has 2 aromatic rings. The van der Waals surface area contributed by atoms with E-state index in [9.17, 15) is 32.5 Å². The number of nitrogens with zero attached hydrogens (tertiary/aromatic N) is 3. The highest BCUT2D eigenvalue weighted by atomic mass is 32.2. The molecular weight excluding hydrogens is 423 g/mol. The second-order valence-electron chi connectivity index (χ2n) is 6.32. The number of hydrogen-bond donors (Lipinski definition) is 1. The quantitative estimate of drug-likeness (QED) is 0.511. The first-order valence-electron chi connectivity index (χ1n) is 8.70. The smallest absolute Gasteiger partial charge is 0.285 e. The van der Waals surface area contributed by atoms with Crippen molar-refractivity contribution in [2.75, 3.05) is 31.6 Å². The van der Waals surface area contributed by atoms with Crippen molar-refractivity contribution < 1.29 is 27.3 Å². The van der Waals surface area contributed by atoms with Crippen LogP contribution in [0.5, 0.6) is 0 Å². The first kappa shape index (κ1) is 21.5. The van der Waals surface area contributed by atoms with Crippen molar-refractivity contribution in [2.24, 2.45) is 0 Å². The minimum atomic E-state index is -4.13. The van der Waals surface area contributed by atoms with Gasteiger partial charge in [0.25, 0.3) is 11.2 Å². The van der Waals surface area contributed by atoms with Crippen LogP contribution in [0.25, 0.3) is 0 Å². The van der Waals surface area contributed by atoms with Crippen LogP contribution < -0.4 is 10.9 Å². The van der Waals surface area contributed by atoms with Crippen molar-refractivity contribution in [2.45, 2.75) is 11.4 Å². The number of anilines is 1. The summed E-state index contributed by atoms with van der Waals surface area (Å²) in [7, 11) is -4.13. The molecule has 30 heavy (non-hydrogen) atoms. The van der Waals surface area contributed by atoms with Crippen LogP contribution in [0.15, 0.2) is 46.2 Å².